The average molecular weight is 393 g/mol. The first-order valence-corrected chi connectivity index (χ1v) is 8.54. The van der Waals surface area contributed by atoms with Crippen LogP contribution in [0, 0.1) is 0 Å². The summed E-state index contributed by atoms with van der Waals surface area (Å²) in [7, 11) is 0. The van der Waals surface area contributed by atoms with Crippen LogP contribution in [-0.4, -0.2) is 39.1 Å². The summed E-state index contributed by atoms with van der Waals surface area (Å²) in [5.41, 5.74) is 1.24. The lowest BCUT2D eigenvalue weighted by Crippen LogP contribution is -2.23. The smallest absolute Gasteiger partial charge is 0.422 e. The van der Waals surface area contributed by atoms with Crippen molar-refractivity contribution in [1.29, 1.82) is 0 Å². The SMILES string of the molecule is CCCNc1nc(-c2cn[nH]c2)cc(=O)n1-c1ccc(OCC(F)(F)F)cc1. The molecule has 0 aliphatic rings. The zero-order valence-corrected chi connectivity index (χ0v) is 15.0. The number of hydrogen-bond donors (Lipinski definition) is 2. The maximum Gasteiger partial charge on any atom is 0.422 e. The topological polar surface area (TPSA) is 84.8 Å². The summed E-state index contributed by atoms with van der Waals surface area (Å²) < 4.78 is 42.9. The third-order valence-corrected chi connectivity index (χ3v) is 3.74. The lowest BCUT2D eigenvalue weighted by molar-refractivity contribution is -0.153. The maximum atomic E-state index is 12.7. The number of halogens is 3. The van der Waals surface area contributed by atoms with E-state index in [1.807, 2.05) is 6.92 Å². The first-order valence-electron chi connectivity index (χ1n) is 8.54. The first kappa shape index (κ1) is 19.5. The number of H-pyrrole nitrogens is 1. The van der Waals surface area contributed by atoms with Crippen molar-refractivity contribution in [1.82, 2.24) is 19.7 Å². The molecular formula is C18H18F3N5O2. The molecule has 0 radical (unpaired) electrons. The Morgan fingerprint density at radius 1 is 1.25 bits per heavy atom. The number of anilines is 1. The third kappa shape index (κ3) is 4.70. The van der Waals surface area contributed by atoms with Gasteiger partial charge in [-0.25, -0.2) is 9.55 Å². The van der Waals surface area contributed by atoms with Crippen LogP contribution in [0.4, 0.5) is 19.1 Å². The first-order chi connectivity index (χ1) is 13.4. The molecule has 2 aromatic heterocycles. The maximum absolute atomic E-state index is 12.7. The van der Waals surface area contributed by atoms with Gasteiger partial charge in [0.25, 0.3) is 5.56 Å². The summed E-state index contributed by atoms with van der Waals surface area (Å²) in [6.45, 7) is 1.19. The van der Waals surface area contributed by atoms with Crippen LogP contribution in [0.2, 0.25) is 0 Å². The van der Waals surface area contributed by atoms with Crippen molar-refractivity contribution in [3.8, 4) is 22.7 Å². The minimum atomic E-state index is -4.42. The van der Waals surface area contributed by atoms with E-state index in [4.69, 9.17) is 4.74 Å². The minimum absolute atomic E-state index is 0.0557. The van der Waals surface area contributed by atoms with Crippen LogP contribution < -0.4 is 15.6 Å². The highest BCUT2D eigenvalue weighted by Crippen LogP contribution is 2.22. The van der Waals surface area contributed by atoms with Crippen molar-refractivity contribution in [2.75, 3.05) is 18.5 Å². The fourth-order valence-corrected chi connectivity index (χ4v) is 2.48. The lowest BCUT2D eigenvalue weighted by atomic mass is 10.2. The molecule has 148 valence electrons. The second-order valence-electron chi connectivity index (χ2n) is 5.95. The van der Waals surface area contributed by atoms with Crippen LogP contribution in [0.1, 0.15) is 13.3 Å². The minimum Gasteiger partial charge on any atom is -0.484 e. The fraction of sp³-hybridized carbons (Fsp3) is 0.278. The number of ether oxygens (including phenoxy) is 1. The van der Waals surface area contributed by atoms with E-state index in [0.717, 1.165) is 6.42 Å². The largest absolute Gasteiger partial charge is 0.484 e. The third-order valence-electron chi connectivity index (χ3n) is 3.74. The molecule has 7 nitrogen and oxygen atoms in total. The van der Waals surface area contributed by atoms with E-state index in [1.165, 1.54) is 34.9 Å². The summed E-state index contributed by atoms with van der Waals surface area (Å²) >= 11 is 0. The number of aromatic amines is 1. The van der Waals surface area contributed by atoms with Gasteiger partial charge in [-0.1, -0.05) is 6.92 Å². The summed E-state index contributed by atoms with van der Waals surface area (Å²) in [6.07, 6.45) is -0.416. The Morgan fingerprint density at radius 3 is 2.61 bits per heavy atom. The van der Waals surface area contributed by atoms with Crippen molar-refractivity contribution in [3.05, 3.63) is 53.1 Å². The van der Waals surface area contributed by atoms with Crippen LogP contribution in [0.15, 0.2) is 47.5 Å². The Kier molecular flexibility index (Phi) is 5.67. The Hall–Kier alpha value is -3.30. The molecule has 0 saturated heterocycles. The molecule has 0 saturated carbocycles. The molecule has 2 heterocycles. The van der Waals surface area contributed by atoms with E-state index < -0.39 is 12.8 Å². The number of benzene rings is 1. The van der Waals surface area contributed by atoms with Gasteiger partial charge >= 0.3 is 6.18 Å². The molecule has 10 heteroatoms. The van der Waals surface area contributed by atoms with Gasteiger partial charge in [0, 0.05) is 24.4 Å². The van der Waals surface area contributed by atoms with Crippen LogP contribution in [0.5, 0.6) is 5.75 Å². The van der Waals surface area contributed by atoms with Gasteiger partial charge < -0.3 is 10.1 Å². The van der Waals surface area contributed by atoms with Crippen molar-refractivity contribution in [2.45, 2.75) is 19.5 Å². The molecule has 2 N–H and O–H groups in total. The van der Waals surface area contributed by atoms with Crippen molar-refractivity contribution in [3.63, 3.8) is 0 Å². The molecule has 0 unspecified atom stereocenters. The summed E-state index contributed by atoms with van der Waals surface area (Å²) in [5, 5.41) is 9.63. The Labute approximate surface area is 158 Å². The van der Waals surface area contributed by atoms with Gasteiger partial charge in [0.1, 0.15) is 5.75 Å². The number of hydrogen-bond acceptors (Lipinski definition) is 5. The fourth-order valence-electron chi connectivity index (χ4n) is 2.48. The second kappa shape index (κ2) is 8.15. The zero-order valence-electron chi connectivity index (χ0n) is 15.0. The number of nitrogens with zero attached hydrogens (tertiary/aromatic N) is 3. The predicted octanol–water partition coefficient (Wildman–Crippen LogP) is 3.39. The number of aromatic nitrogens is 4. The van der Waals surface area contributed by atoms with Crippen LogP contribution in [0.25, 0.3) is 16.9 Å². The quantitative estimate of drug-likeness (QED) is 0.643. The summed E-state index contributed by atoms with van der Waals surface area (Å²) in [4.78, 5) is 17.2. The molecule has 1 aromatic carbocycles. The van der Waals surface area contributed by atoms with Gasteiger partial charge in [-0.2, -0.15) is 18.3 Å². The van der Waals surface area contributed by atoms with Gasteiger partial charge in [-0.05, 0) is 30.7 Å². The number of rotatable bonds is 7. The van der Waals surface area contributed by atoms with Gasteiger partial charge in [0.15, 0.2) is 6.61 Å². The molecule has 0 spiro atoms. The average Bonchev–Trinajstić information content (AvgIpc) is 3.19. The predicted molar refractivity (Wildman–Crippen MR) is 97.7 cm³/mol. The Balaban J connectivity index is 1.94. The molecule has 0 bridgehead atoms. The molecular weight excluding hydrogens is 375 g/mol. The van der Waals surface area contributed by atoms with Crippen molar-refractivity contribution >= 4 is 5.95 Å². The van der Waals surface area contributed by atoms with Crippen LogP contribution >= 0.6 is 0 Å². The van der Waals surface area contributed by atoms with Gasteiger partial charge in [0.05, 0.1) is 17.6 Å². The van der Waals surface area contributed by atoms with E-state index in [1.54, 1.807) is 12.4 Å². The lowest BCUT2D eigenvalue weighted by Gasteiger charge is -2.15. The molecule has 0 amide bonds. The highest BCUT2D eigenvalue weighted by atomic mass is 19.4. The molecule has 0 aliphatic heterocycles. The normalized spacial score (nSPS) is 11.4. The van der Waals surface area contributed by atoms with E-state index in [0.29, 0.717) is 29.4 Å². The van der Waals surface area contributed by atoms with E-state index in [2.05, 4.69) is 20.5 Å². The molecule has 3 aromatic rings. The highest BCUT2D eigenvalue weighted by Gasteiger charge is 2.28. The van der Waals surface area contributed by atoms with Crippen LogP contribution in [-0.2, 0) is 0 Å². The second-order valence-corrected chi connectivity index (χ2v) is 5.95. The summed E-state index contributed by atoms with van der Waals surface area (Å²) in [5.74, 6) is 0.384. The molecule has 0 aliphatic carbocycles. The standard InChI is InChI=1S/C18H18F3N5O2/c1-2-7-22-17-25-15(12-9-23-24-10-12)8-16(27)26(17)13-3-5-14(6-4-13)28-11-18(19,20)21/h3-6,8-10H,2,7,11H2,1H3,(H,22,25)(H,23,24). The van der Waals surface area contributed by atoms with E-state index in [9.17, 15) is 18.0 Å². The van der Waals surface area contributed by atoms with Crippen LogP contribution in [0.3, 0.4) is 0 Å². The van der Waals surface area contributed by atoms with Crippen molar-refractivity contribution < 1.29 is 17.9 Å². The molecule has 28 heavy (non-hydrogen) atoms. The van der Waals surface area contributed by atoms with E-state index in [-0.39, 0.29) is 11.3 Å². The molecule has 3 rings (SSSR count). The Morgan fingerprint density at radius 2 is 2.00 bits per heavy atom. The molecule has 0 atom stereocenters. The number of nitrogens with one attached hydrogen (secondary N) is 2. The molecule has 0 fully saturated rings. The van der Waals surface area contributed by atoms with Gasteiger partial charge in [-0.15, -0.1) is 0 Å². The van der Waals surface area contributed by atoms with Crippen molar-refractivity contribution in [2.24, 2.45) is 0 Å². The van der Waals surface area contributed by atoms with Gasteiger partial charge in [-0.3, -0.25) is 9.89 Å². The Bertz CT molecular complexity index is 966. The van der Waals surface area contributed by atoms with Gasteiger partial charge in [0.2, 0.25) is 5.95 Å². The van der Waals surface area contributed by atoms with E-state index >= 15 is 0 Å². The number of alkyl halides is 3. The monoisotopic (exact) mass is 393 g/mol. The summed E-state index contributed by atoms with van der Waals surface area (Å²) in [6, 6.07) is 7.13. The highest BCUT2D eigenvalue weighted by molar-refractivity contribution is 5.59. The zero-order chi connectivity index (χ0) is 20.1.